The minimum Gasteiger partial charge on any atom is -0.481 e. The number of aliphatic carboxylic acids is 1. The summed E-state index contributed by atoms with van der Waals surface area (Å²) < 4.78 is 0. The van der Waals surface area contributed by atoms with Crippen LogP contribution in [0.2, 0.25) is 0 Å². The van der Waals surface area contributed by atoms with Gasteiger partial charge in [0, 0.05) is 19.0 Å². The van der Waals surface area contributed by atoms with Gasteiger partial charge in [-0.15, -0.1) is 0 Å². The molecule has 1 aliphatic carbocycles. The average molecular weight is 298 g/mol. The fourth-order valence-electron chi connectivity index (χ4n) is 3.07. The third-order valence-electron chi connectivity index (χ3n) is 4.60. The van der Waals surface area contributed by atoms with E-state index in [0.29, 0.717) is 18.9 Å². The molecule has 0 spiro atoms. The van der Waals surface area contributed by atoms with Crippen molar-refractivity contribution in [3.63, 3.8) is 0 Å². The Balaban J connectivity index is 2.29. The van der Waals surface area contributed by atoms with Crippen molar-refractivity contribution in [3.05, 3.63) is 0 Å². The van der Waals surface area contributed by atoms with Crippen molar-refractivity contribution in [2.45, 2.75) is 70.8 Å². The third-order valence-corrected chi connectivity index (χ3v) is 4.60. The van der Waals surface area contributed by atoms with Crippen molar-refractivity contribution >= 4 is 11.9 Å². The highest BCUT2D eigenvalue weighted by atomic mass is 16.4. The number of nitrogens with two attached hydrogens (primary N) is 1. The lowest BCUT2D eigenvalue weighted by Gasteiger charge is -2.21. The number of carboxylic acid groups (broad SMARTS) is 1. The Morgan fingerprint density at radius 1 is 1.24 bits per heavy atom. The zero-order valence-corrected chi connectivity index (χ0v) is 13.1. The number of carbonyl (C=O) groups is 2. The molecule has 0 aromatic carbocycles. The number of carboxylic acids is 1. The molecule has 5 nitrogen and oxygen atoms in total. The highest BCUT2D eigenvalue weighted by Gasteiger charge is 2.26. The molecule has 3 unspecified atom stereocenters. The molecule has 1 aliphatic rings. The number of amides is 1. The number of carbonyl (C=O) groups excluding carboxylic acids is 1. The van der Waals surface area contributed by atoms with E-state index in [4.69, 9.17) is 10.8 Å². The van der Waals surface area contributed by atoms with Crippen LogP contribution in [0.25, 0.3) is 0 Å². The molecule has 0 bridgehead atoms. The van der Waals surface area contributed by atoms with Crippen LogP contribution in [0, 0.1) is 11.8 Å². The predicted molar refractivity (Wildman–Crippen MR) is 82.8 cm³/mol. The molecule has 5 heteroatoms. The van der Waals surface area contributed by atoms with E-state index in [-0.39, 0.29) is 24.3 Å². The summed E-state index contributed by atoms with van der Waals surface area (Å²) in [4.78, 5) is 22.8. The van der Waals surface area contributed by atoms with Crippen LogP contribution in [0.4, 0.5) is 0 Å². The van der Waals surface area contributed by atoms with Crippen LogP contribution in [-0.2, 0) is 9.59 Å². The Hall–Kier alpha value is -1.10. The summed E-state index contributed by atoms with van der Waals surface area (Å²) in [5, 5.41) is 11.7. The van der Waals surface area contributed by atoms with Crippen LogP contribution in [-0.4, -0.2) is 29.6 Å². The Kier molecular flexibility index (Phi) is 8.35. The first-order valence-electron chi connectivity index (χ1n) is 8.29. The first-order chi connectivity index (χ1) is 10.0. The maximum atomic E-state index is 12.2. The van der Waals surface area contributed by atoms with Gasteiger partial charge in [-0.05, 0) is 31.6 Å². The molecule has 1 saturated carbocycles. The zero-order chi connectivity index (χ0) is 15.7. The second kappa shape index (κ2) is 9.77. The molecule has 21 heavy (non-hydrogen) atoms. The normalized spacial score (nSPS) is 24.1. The van der Waals surface area contributed by atoms with E-state index in [9.17, 15) is 9.59 Å². The van der Waals surface area contributed by atoms with Crippen molar-refractivity contribution in [3.8, 4) is 0 Å². The van der Waals surface area contributed by atoms with Crippen molar-refractivity contribution < 1.29 is 14.7 Å². The number of hydrogen-bond acceptors (Lipinski definition) is 3. The summed E-state index contributed by atoms with van der Waals surface area (Å²) >= 11 is 0. The molecule has 0 heterocycles. The maximum absolute atomic E-state index is 12.2. The summed E-state index contributed by atoms with van der Waals surface area (Å²) in [6.07, 6.45) is 7.90. The number of hydrogen-bond donors (Lipinski definition) is 3. The van der Waals surface area contributed by atoms with Gasteiger partial charge in [-0.25, -0.2) is 0 Å². The molecule has 0 radical (unpaired) electrons. The summed E-state index contributed by atoms with van der Waals surface area (Å²) in [5.74, 6) is -0.352. The third kappa shape index (κ3) is 6.93. The van der Waals surface area contributed by atoms with E-state index in [1.807, 2.05) is 0 Å². The van der Waals surface area contributed by atoms with E-state index in [0.717, 1.165) is 38.5 Å². The maximum Gasteiger partial charge on any atom is 0.303 e. The van der Waals surface area contributed by atoms with Gasteiger partial charge in [-0.1, -0.05) is 32.6 Å². The van der Waals surface area contributed by atoms with Crippen LogP contribution in [0.1, 0.15) is 64.7 Å². The molecular formula is C16H30N2O3. The second-order valence-electron chi connectivity index (χ2n) is 6.19. The topological polar surface area (TPSA) is 92.4 Å². The Labute approximate surface area is 127 Å². The lowest BCUT2D eigenvalue weighted by atomic mass is 9.94. The van der Waals surface area contributed by atoms with E-state index >= 15 is 0 Å². The molecule has 1 fully saturated rings. The molecular weight excluding hydrogens is 268 g/mol. The summed E-state index contributed by atoms with van der Waals surface area (Å²) in [6, 6.07) is -0.0125. The first kappa shape index (κ1) is 18.0. The average Bonchev–Trinajstić information content (AvgIpc) is 2.66. The standard InChI is InChI=1S/C16H30N2O3/c1-2-12(8-9-15(19)20)10-11-18-16(21)13-6-4-3-5-7-14(13)17/h12-14H,2-11,17H2,1H3,(H,18,21)(H,19,20). The van der Waals surface area contributed by atoms with Gasteiger partial charge in [-0.2, -0.15) is 0 Å². The summed E-state index contributed by atoms with van der Waals surface area (Å²) in [5.41, 5.74) is 6.09. The summed E-state index contributed by atoms with van der Waals surface area (Å²) in [7, 11) is 0. The molecule has 0 saturated heterocycles. The fraction of sp³-hybridized carbons (Fsp3) is 0.875. The smallest absolute Gasteiger partial charge is 0.303 e. The molecule has 0 aromatic heterocycles. The predicted octanol–water partition coefficient (Wildman–Crippen LogP) is 2.29. The molecule has 0 aromatic rings. The number of rotatable bonds is 8. The van der Waals surface area contributed by atoms with E-state index in [1.165, 1.54) is 6.42 Å². The van der Waals surface area contributed by atoms with Crippen molar-refractivity contribution in [1.29, 1.82) is 0 Å². The van der Waals surface area contributed by atoms with Crippen molar-refractivity contribution in [2.24, 2.45) is 17.6 Å². The fourth-order valence-corrected chi connectivity index (χ4v) is 3.07. The van der Waals surface area contributed by atoms with Gasteiger partial charge in [-0.3, -0.25) is 9.59 Å². The Bertz CT molecular complexity index is 333. The number of nitrogens with one attached hydrogen (secondary N) is 1. The van der Waals surface area contributed by atoms with Gasteiger partial charge >= 0.3 is 5.97 Å². The Morgan fingerprint density at radius 3 is 2.62 bits per heavy atom. The van der Waals surface area contributed by atoms with Crippen LogP contribution < -0.4 is 11.1 Å². The molecule has 3 atom stereocenters. The van der Waals surface area contributed by atoms with Gasteiger partial charge in [0.05, 0.1) is 5.92 Å². The molecule has 1 rings (SSSR count). The molecule has 122 valence electrons. The highest BCUT2D eigenvalue weighted by molar-refractivity contribution is 5.79. The van der Waals surface area contributed by atoms with Crippen LogP contribution in [0.3, 0.4) is 0 Å². The van der Waals surface area contributed by atoms with Crippen LogP contribution in [0.5, 0.6) is 0 Å². The van der Waals surface area contributed by atoms with Crippen LogP contribution >= 0.6 is 0 Å². The summed E-state index contributed by atoms with van der Waals surface area (Å²) in [6.45, 7) is 2.69. The van der Waals surface area contributed by atoms with E-state index in [1.54, 1.807) is 0 Å². The largest absolute Gasteiger partial charge is 0.481 e. The molecule has 0 aliphatic heterocycles. The van der Waals surface area contributed by atoms with Gasteiger partial charge in [0.25, 0.3) is 0 Å². The van der Waals surface area contributed by atoms with Crippen molar-refractivity contribution in [2.75, 3.05) is 6.54 Å². The molecule has 4 N–H and O–H groups in total. The van der Waals surface area contributed by atoms with Gasteiger partial charge in [0.2, 0.25) is 5.91 Å². The van der Waals surface area contributed by atoms with Gasteiger partial charge in [0.1, 0.15) is 0 Å². The van der Waals surface area contributed by atoms with Gasteiger partial charge < -0.3 is 16.2 Å². The minimum absolute atomic E-state index is 0.0125. The quantitative estimate of drug-likeness (QED) is 0.599. The lowest BCUT2D eigenvalue weighted by molar-refractivity contribution is -0.137. The minimum atomic E-state index is -0.748. The first-order valence-corrected chi connectivity index (χ1v) is 8.29. The van der Waals surface area contributed by atoms with E-state index in [2.05, 4.69) is 12.2 Å². The Morgan fingerprint density at radius 2 is 1.95 bits per heavy atom. The van der Waals surface area contributed by atoms with Gasteiger partial charge in [0.15, 0.2) is 0 Å². The monoisotopic (exact) mass is 298 g/mol. The zero-order valence-electron chi connectivity index (χ0n) is 13.1. The molecule has 1 amide bonds. The van der Waals surface area contributed by atoms with Crippen molar-refractivity contribution in [1.82, 2.24) is 5.32 Å². The second-order valence-corrected chi connectivity index (χ2v) is 6.19. The lowest BCUT2D eigenvalue weighted by Crippen LogP contribution is -2.41. The highest BCUT2D eigenvalue weighted by Crippen LogP contribution is 2.22. The SMILES string of the molecule is CCC(CCNC(=O)C1CCCCCC1N)CCC(=O)O. The van der Waals surface area contributed by atoms with E-state index < -0.39 is 5.97 Å². The van der Waals surface area contributed by atoms with Crippen LogP contribution in [0.15, 0.2) is 0 Å².